The van der Waals surface area contributed by atoms with E-state index in [4.69, 9.17) is 0 Å². The number of hydrogen-bond donors (Lipinski definition) is 1. The van der Waals surface area contributed by atoms with Crippen LogP contribution in [0.5, 0.6) is 0 Å². The predicted octanol–water partition coefficient (Wildman–Crippen LogP) is 5.06. The number of nitrogens with zero attached hydrogens (tertiary/aromatic N) is 1. The lowest BCUT2D eigenvalue weighted by Gasteiger charge is -2.19. The van der Waals surface area contributed by atoms with Crippen molar-refractivity contribution in [2.45, 2.75) is 6.92 Å². The highest BCUT2D eigenvalue weighted by atomic mass is 16.2. The molecule has 0 bridgehead atoms. The molecule has 0 spiro atoms. The minimum Gasteiger partial charge on any atom is -0.308 e. The van der Waals surface area contributed by atoms with Gasteiger partial charge >= 0.3 is 6.03 Å². The maximum atomic E-state index is 12.6. The number of anilines is 2. The third kappa shape index (κ3) is 4.31. The molecular weight excluding hydrogens is 320 g/mol. The van der Waals surface area contributed by atoms with Gasteiger partial charge in [-0.25, -0.2) is 4.79 Å². The number of aryl methyl sites for hydroxylation is 1. The number of nitrogens with one attached hydrogen (secondary N) is 1. The molecule has 0 saturated heterocycles. The topological polar surface area (TPSA) is 32.3 Å². The second kappa shape index (κ2) is 8.04. The van der Waals surface area contributed by atoms with Gasteiger partial charge in [-0.2, -0.15) is 0 Å². The Bertz CT molecular complexity index is 951. The quantitative estimate of drug-likeness (QED) is 0.650. The molecule has 0 aromatic heterocycles. The van der Waals surface area contributed by atoms with E-state index in [9.17, 15) is 4.79 Å². The highest BCUT2D eigenvalue weighted by Crippen LogP contribution is 2.20. The fourth-order valence-corrected chi connectivity index (χ4v) is 2.49. The first-order valence-electron chi connectivity index (χ1n) is 8.41. The van der Waals surface area contributed by atoms with Crippen LogP contribution in [0.25, 0.3) is 0 Å². The molecule has 3 aromatic rings. The molecule has 0 radical (unpaired) electrons. The number of para-hydroxylation sites is 1. The van der Waals surface area contributed by atoms with Crippen molar-refractivity contribution in [2.24, 2.45) is 0 Å². The average Bonchev–Trinajstić information content (AvgIpc) is 2.68. The Balaban J connectivity index is 1.81. The molecule has 0 unspecified atom stereocenters. The van der Waals surface area contributed by atoms with E-state index in [0.29, 0.717) is 0 Å². The summed E-state index contributed by atoms with van der Waals surface area (Å²) in [4.78, 5) is 14.2. The Morgan fingerprint density at radius 2 is 1.50 bits per heavy atom. The van der Waals surface area contributed by atoms with Gasteiger partial charge in [-0.3, -0.25) is 4.90 Å². The van der Waals surface area contributed by atoms with Crippen LogP contribution in [0.15, 0.2) is 78.9 Å². The number of hydrogen-bond acceptors (Lipinski definition) is 1. The van der Waals surface area contributed by atoms with Gasteiger partial charge < -0.3 is 5.32 Å². The van der Waals surface area contributed by atoms with Crippen LogP contribution in [-0.4, -0.2) is 13.1 Å². The molecule has 0 fully saturated rings. The van der Waals surface area contributed by atoms with E-state index >= 15 is 0 Å². The van der Waals surface area contributed by atoms with E-state index in [1.165, 1.54) is 0 Å². The van der Waals surface area contributed by atoms with Gasteiger partial charge in [0.05, 0.1) is 5.69 Å². The Morgan fingerprint density at radius 1 is 0.846 bits per heavy atom. The van der Waals surface area contributed by atoms with Crippen molar-refractivity contribution in [1.82, 2.24) is 0 Å². The number of amides is 2. The zero-order valence-corrected chi connectivity index (χ0v) is 14.9. The van der Waals surface area contributed by atoms with E-state index < -0.39 is 0 Å². The average molecular weight is 340 g/mol. The van der Waals surface area contributed by atoms with Crippen molar-refractivity contribution < 1.29 is 4.79 Å². The monoisotopic (exact) mass is 340 g/mol. The number of benzene rings is 3. The molecule has 0 atom stereocenters. The highest BCUT2D eigenvalue weighted by molar-refractivity contribution is 6.02. The third-order valence-electron chi connectivity index (χ3n) is 3.99. The lowest BCUT2D eigenvalue weighted by molar-refractivity contribution is 0.258. The zero-order valence-electron chi connectivity index (χ0n) is 14.9. The largest absolute Gasteiger partial charge is 0.326 e. The van der Waals surface area contributed by atoms with Crippen molar-refractivity contribution >= 4 is 17.4 Å². The minimum absolute atomic E-state index is 0.206. The van der Waals surface area contributed by atoms with Crippen molar-refractivity contribution in [3.63, 3.8) is 0 Å². The second-order valence-corrected chi connectivity index (χ2v) is 5.99. The van der Waals surface area contributed by atoms with E-state index in [-0.39, 0.29) is 6.03 Å². The molecule has 26 heavy (non-hydrogen) atoms. The first kappa shape index (κ1) is 17.3. The molecule has 0 heterocycles. The van der Waals surface area contributed by atoms with Crippen LogP contribution in [0.2, 0.25) is 0 Å². The molecule has 3 heteroatoms. The summed E-state index contributed by atoms with van der Waals surface area (Å²) >= 11 is 0. The van der Waals surface area contributed by atoms with Crippen molar-refractivity contribution in [3.8, 4) is 11.8 Å². The fourth-order valence-electron chi connectivity index (χ4n) is 2.49. The number of carbonyl (C=O) groups is 1. The molecular formula is C23H20N2O. The molecule has 3 rings (SSSR count). The minimum atomic E-state index is -0.206. The summed E-state index contributed by atoms with van der Waals surface area (Å²) in [5.41, 5.74) is 4.42. The zero-order chi connectivity index (χ0) is 18.4. The van der Waals surface area contributed by atoms with Crippen LogP contribution in [0.3, 0.4) is 0 Å². The van der Waals surface area contributed by atoms with Gasteiger partial charge in [-0.1, -0.05) is 59.9 Å². The number of carbonyl (C=O) groups excluding carboxylic acids is 1. The fraction of sp³-hybridized carbons (Fsp3) is 0.0870. The molecule has 128 valence electrons. The highest BCUT2D eigenvalue weighted by Gasteiger charge is 2.13. The second-order valence-electron chi connectivity index (χ2n) is 5.99. The van der Waals surface area contributed by atoms with Crippen LogP contribution in [-0.2, 0) is 0 Å². The van der Waals surface area contributed by atoms with Crippen LogP contribution >= 0.6 is 0 Å². The van der Waals surface area contributed by atoms with Crippen molar-refractivity contribution in [1.29, 1.82) is 0 Å². The number of rotatable bonds is 2. The summed E-state index contributed by atoms with van der Waals surface area (Å²) in [7, 11) is 1.74. The van der Waals surface area contributed by atoms with E-state index in [1.54, 1.807) is 11.9 Å². The van der Waals surface area contributed by atoms with Crippen LogP contribution < -0.4 is 10.2 Å². The van der Waals surface area contributed by atoms with Gasteiger partial charge in [0.15, 0.2) is 0 Å². The third-order valence-corrected chi connectivity index (χ3v) is 3.99. The molecule has 0 aliphatic heterocycles. The molecule has 0 saturated carbocycles. The van der Waals surface area contributed by atoms with E-state index in [0.717, 1.165) is 28.1 Å². The Kier molecular flexibility index (Phi) is 5.36. The smallest absolute Gasteiger partial charge is 0.308 e. The van der Waals surface area contributed by atoms with Gasteiger partial charge in [0.1, 0.15) is 0 Å². The summed E-state index contributed by atoms with van der Waals surface area (Å²) in [6.45, 7) is 2.01. The predicted molar refractivity (Wildman–Crippen MR) is 107 cm³/mol. The Labute approximate surface area is 154 Å². The Morgan fingerprint density at radius 3 is 2.23 bits per heavy atom. The summed E-state index contributed by atoms with van der Waals surface area (Å²) < 4.78 is 0. The maximum Gasteiger partial charge on any atom is 0.326 e. The van der Waals surface area contributed by atoms with Gasteiger partial charge in [0.2, 0.25) is 0 Å². The summed E-state index contributed by atoms with van der Waals surface area (Å²) in [6, 6.07) is 24.9. The van der Waals surface area contributed by atoms with E-state index in [2.05, 4.69) is 17.2 Å². The summed E-state index contributed by atoms with van der Waals surface area (Å²) in [6.07, 6.45) is 0. The summed E-state index contributed by atoms with van der Waals surface area (Å²) in [5.74, 6) is 6.31. The molecule has 1 N–H and O–H groups in total. The molecule has 2 amide bonds. The van der Waals surface area contributed by atoms with Gasteiger partial charge in [0, 0.05) is 23.9 Å². The lowest BCUT2D eigenvalue weighted by atomic mass is 10.1. The van der Waals surface area contributed by atoms with Crippen LogP contribution in [0.1, 0.15) is 16.7 Å². The van der Waals surface area contributed by atoms with Crippen LogP contribution in [0.4, 0.5) is 16.2 Å². The maximum absolute atomic E-state index is 12.6. The van der Waals surface area contributed by atoms with Gasteiger partial charge in [0.25, 0.3) is 0 Å². The molecule has 3 aromatic carbocycles. The normalized spacial score (nSPS) is 9.77. The molecule has 3 nitrogen and oxygen atoms in total. The van der Waals surface area contributed by atoms with Crippen molar-refractivity contribution in [3.05, 3.63) is 95.6 Å². The first-order valence-corrected chi connectivity index (χ1v) is 8.41. The summed E-state index contributed by atoms with van der Waals surface area (Å²) in [5, 5.41) is 2.91. The van der Waals surface area contributed by atoms with Gasteiger partial charge in [-0.15, -0.1) is 0 Å². The molecule has 0 aliphatic rings. The SMILES string of the molecule is Cc1ccc(NC(=O)N(C)c2ccccc2C#Cc2ccccc2)cc1. The number of urea groups is 1. The van der Waals surface area contributed by atoms with Gasteiger partial charge in [-0.05, 0) is 43.3 Å². The first-order chi connectivity index (χ1) is 12.6. The van der Waals surface area contributed by atoms with Crippen molar-refractivity contribution in [2.75, 3.05) is 17.3 Å². The Hall–Kier alpha value is -3.51. The lowest BCUT2D eigenvalue weighted by Crippen LogP contribution is -2.31. The standard InChI is InChI=1S/C23H20N2O/c1-18-12-16-21(17-13-18)24-23(26)25(2)22-11-7-6-10-20(22)15-14-19-8-4-3-5-9-19/h3-13,16-17H,1-2H3,(H,24,26). The van der Waals surface area contributed by atoms with Crippen LogP contribution in [0, 0.1) is 18.8 Å². The van der Waals surface area contributed by atoms with E-state index in [1.807, 2.05) is 85.8 Å². The molecule has 0 aliphatic carbocycles.